The van der Waals surface area contributed by atoms with Gasteiger partial charge < -0.3 is 14.1 Å². The van der Waals surface area contributed by atoms with Crippen molar-refractivity contribution in [3.05, 3.63) is 58.9 Å². The third-order valence-electron chi connectivity index (χ3n) is 3.98. The van der Waals surface area contributed by atoms with Crippen molar-refractivity contribution in [1.29, 1.82) is 0 Å². The van der Waals surface area contributed by atoms with E-state index in [1.807, 2.05) is 48.5 Å². The predicted octanol–water partition coefficient (Wildman–Crippen LogP) is -2.45. The number of halogens is 2. The highest BCUT2D eigenvalue weighted by Crippen LogP contribution is 2.25. The van der Waals surface area contributed by atoms with Crippen LogP contribution in [0.25, 0.3) is 22.3 Å². The zero-order valence-corrected chi connectivity index (χ0v) is 18.2. The van der Waals surface area contributed by atoms with Gasteiger partial charge in [0.2, 0.25) is 5.36 Å². The van der Waals surface area contributed by atoms with E-state index in [0.717, 1.165) is 46.5 Å². The van der Waals surface area contributed by atoms with Crippen molar-refractivity contribution in [3.8, 4) is 17.1 Å². The van der Waals surface area contributed by atoms with Gasteiger partial charge in [-0.2, -0.15) is 0 Å². The first-order chi connectivity index (χ1) is 14.1. The molecule has 0 atom stereocenters. The Morgan fingerprint density at radius 2 is 1.67 bits per heavy atom. The smallest absolute Gasteiger partial charge is 0.213 e. The fourth-order valence-electron chi connectivity index (χ4n) is 2.62. The second-order valence-electron chi connectivity index (χ2n) is 6.50. The van der Waals surface area contributed by atoms with Gasteiger partial charge in [-0.25, -0.2) is 23.6 Å². The van der Waals surface area contributed by atoms with E-state index >= 15 is 0 Å². The molecule has 0 spiro atoms. The van der Waals surface area contributed by atoms with E-state index in [9.17, 15) is 0 Å². The number of nitrogens with one attached hydrogen (secondary N) is 1. The number of benzene rings is 2. The maximum atomic E-state index is 8.49. The zero-order chi connectivity index (χ0) is 22.3. The van der Waals surface area contributed by atoms with Crippen molar-refractivity contribution >= 4 is 22.6 Å². The molecule has 0 unspecified atom stereocenters. The first kappa shape index (κ1) is 24.1. The first-order valence-electron chi connectivity index (χ1n) is 8.78. The number of rotatable bonds is 5. The zero-order valence-electron chi connectivity index (χ0n) is 16.7. The van der Waals surface area contributed by atoms with Crippen molar-refractivity contribution < 1.29 is 43.0 Å². The molecule has 0 aliphatic rings. The molecule has 30 heavy (non-hydrogen) atoms. The molecule has 0 radical (unpaired) electrons. The minimum atomic E-state index is -4.94. The summed E-state index contributed by atoms with van der Waals surface area (Å²) in [5, 5.41) is 2.68. The molecule has 0 aliphatic carbocycles. The van der Waals surface area contributed by atoms with Gasteiger partial charge in [-0.1, -0.05) is 11.6 Å². The lowest BCUT2D eigenvalue weighted by atomic mass is 10.1. The van der Waals surface area contributed by atoms with Crippen LogP contribution in [0.15, 0.2) is 52.9 Å². The number of methoxy groups -OCH3 is 1. The second-order valence-corrected chi connectivity index (χ2v) is 7.69. The van der Waals surface area contributed by atoms with E-state index in [-0.39, 0.29) is 0 Å². The fraction of sp³-hybridized carbons (Fsp3) is 0.250. The van der Waals surface area contributed by atoms with Crippen molar-refractivity contribution in [1.82, 2.24) is 4.90 Å². The van der Waals surface area contributed by atoms with Gasteiger partial charge in [0, 0.05) is 10.6 Å². The van der Waals surface area contributed by atoms with Crippen LogP contribution >= 0.6 is 11.6 Å². The van der Waals surface area contributed by atoms with Crippen LogP contribution in [-0.2, 0) is 0 Å². The van der Waals surface area contributed by atoms with E-state index in [1.165, 1.54) is 0 Å². The number of hydrogen-bond acceptors (Lipinski definition) is 7. The lowest BCUT2D eigenvalue weighted by molar-refractivity contribution is -2.00. The average molecular weight is 457 g/mol. The van der Waals surface area contributed by atoms with Crippen LogP contribution in [0.3, 0.4) is 0 Å². The molecular weight excluding hydrogens is 435 g/mol. The second kappa shape index (κ2) is 10.7. The van der Waals surface area contributed by atoms with Gasteiger partial charge in [-0.15, -0.1) is 10.2 Å². The lowest BCUT2D eigenvalue weighted by Gasteiger charge is -2.17. The van der Waals surface area contributed by atoms with E-state index in [1.54, 1.807) is 7.11 Å². The van der Waals surface area contributed by atoms with Crippen molar-refractivity contribution in [2.75, 3.05) is 34.3 Å². The maximum Gasteiger partial charge on any atom is 0.213 e. The molecule has 0 aliphatic heterocycles. The molecule has 1 aromatic heterocycles. The molecule has 0 saturated heterocycles. The summed E-state index contributed by atoms with van der Waals surface area (Å²) in [5.74, 6) is 1.62. The molecule has 1 heterocycles. The Hall–Kier alpha value is -2.17. The maximum absolute atomic E-state index is 8.49. The summed E-state index contributed by atoms with van der Waals surface area (Å²) in [6.45, 7) is 1.77. The molecule has 2 aromatic carbocycles. The normalized spacial score (nSPS) is 12.1. The highest BCUT2D eigenvalue weighted by molar-refractivity contribution is 6.31. The summed E-state index contributed by atoms with van der Waals surface area (Å²) in [6.07, 6.45) is 0. The van der Waals surface area contributed by atoms with Crippen LogP contribution in [0.1, 0.15) is 0 Å². The Kier molecular flexibility index (Phi) is 8.63. The van der Waals surface area contributed by atoms with Crippen molar-refractivity contribution in [2.24, 2.45) is 0 Å². The van der Waals surface area contributed by atoms with Gasteiger partial charge in [-0.05, 0) is 56.6 Å². The number of nitrogens with zero attached hydrogens (tertiary/aromatic N) is 1. The monoisotopic (exact) mass is 456 g/mol. The van der Waals surface area contributed by atoms with Gasteiger partial charge in [0.1, 0.15) is 17.1 Å². The van der Waals surface area contributed by atoms with Gasteiger partial charge in [0.05, 0.1) is 25.1 Å². The highest BCUT2D eigenvalue weighted by atomic mass is 35.7. The topological polar surface area (TPSA) is 132 Å². The fourth-order valence-corrected chi connectivity index (χ4v) is 2.79. The van der Waals surface area contributed by atoms with Gasteiger partial charge in [0.15, 0.2) is 6.54 Å². The summed E-state index contributed by atoms with van der Waals surface area (Å²) < 4.78 is 45.3. The van der Waals surface area contributed by atoms with Crippen LogP contribution in [0.2, 0.25) is 5.02 Å². The molecule has 0 amide bonds. The first-order valence-corrected chi connectivity index (χ1v) is 10.4. The Morgan fingerprint density at radius 3 is 2.23 bits per heavy atom. The Morgan fingerprint density at radius 1 is 1.03 bits per heavy atom. The Balaban J connectivity index is 0.000000575. The minimum Gasteiger partial charge on any atom is -0.497 e. The van der Waals surface area contributed by atoms with Crippen LogP contribution in [-0.4, -0.2) is 39.2 Å². The molecular formula is C20H22Cl2N2O6. The van der Waals surface area contributed by atoms with E-state index in [4.69, 9.17) is 39.4 Å². The SMILES string of the molecule is COc1ccc(-c2cc(=[NH+]CCN(C)C)c3cc(Cl)ccc3o2)cc1.[O-][Cl+3]([O-])([O-])[O-]. The van der Waals surface area contributed by atoms with Gasteiger partial charge >= 0.3 is 0 Å². The number of ether oxygens (including phenoxy) is 1. The molecule has 162 valence electrons. The summed E-state index contributed by atoms with van der Waals surface area (Å²) in [6, 6.07) is 15.5. The third kappa shape index (κ3) is 7.92. The van der Waals surface area contributed by atoms with Crippen LogP contribution in [0.4, 0.5) is 0 Å². The summed E-state index contributed by atoms with van der Waals surface area (Å²) in [5.41, 5.74) is 1.79. The minimum absolute atomic E-state index is 0.690. The highest BCUT2D eigenvalue weighted by Gasteiger charge is 2.10. The van der Waals surface area contributed by atoms with Gasteiger partial charge in [0.25, 0.3) is 0 Å². The summed E-state index contributed by atoms with van der Waals surface area (Å²) in [7, 11) is 0.825. The van der Waals surface area contributed by atoms with Gasteiger partial charge in [-0.3, -0.25) is 0 Å². The largest absolute Gasteiger partial charge is 0.497 e. The van der Waals surface area contributed by atoms with Crippen molar-refractivity contribution in [3.63, 3.8) is 0 Å². The summed E-state index contributed by atoms with van der Waals surface area (Å²) in [4.78, 5) is 5.63. The van der Waals surface area contributed by atoms with E-state index in [0.29, 0.717) is 5.02 Å². The molecule has 8 nitrogen and oxygen atoms in total. The predicted molar refractivity (Wildman–Crippen MR) is 101 cm³/mol. The molecule has 0 fully saturated rings. The van der Waals surface area contributed by atoms with E-state index < -0.39 is 10.2 Å². The number of fused-ring (bicyclic) bond motifs is 1. The molecule has 10 heteroatoms. The molecule has 3 aromatic rings. The summed E-state index contributed by atoms with van der Waals surface area (Å²) >= 11 is 6.17. The molecule has 0 bridgehead atoms. The average Bonchev–Trinajstić information content (AvgIpc) is 2.66. The number of likely N-dealkylation sites (N-methyl/N-ethyl adjacent to an activating group) is 1. The van der Waals surface area contributed by atoms with Crippen LogP contribution in [0.5, 0.6) is 5.75 Å². The van der Waals surface area contributed by atoms with Crippen LogP contribution in [0, 0.1) is 10.2 Å². The molecule has 0 saturated carbocycles. The molecule has 1 N–H and O–H groups in total. The Bertz CT molecular complexity index is 1020. The lowest BCUT2D eigenvalue weighted by Crippen LogP contribution is -2.78. The third-order valence-corrected chi connectivity index (χ3v) is 4.21. The van der Waals surface area contributed by atoms with Crippen LogP contribution < -0.4 is 33.7 Å². The molecule has 3 rings (SSSR count). The number of hydrogen-bond donors (Lipinski definition) is 1. The Labute approximate surface area is 181 Å². The van der Waals surface area contributed by atoms with E-state index in [2.05, 4.69) is 24.0 Å². The quantitative estimate of drug-likeness (QED) is 0.450. The standard InChI is InChI=1S/C20H21ClN2O2.ClHO4/c1-23(2)11-10-22-18-13-20(14-4-7-16(24-3)8-5-14)25-19-9-6-15(21)12-17(18)19;2-1(3,4)5/h4-9,12-13H,10-11H2,1-3H3;(H,2,3,4,5). The van der Waals surface area contributed by atoms with Crippen molar-refractivity contribution in [2.45, 2.75) is 0 Å².